The first-order chi connectivity index (χ1) is 11.7. The zero-order chi connectivity index (χ0) is 18.7. The molecule has 0 unspecified atom stereocenters. The van der Waals surface area contributed by atoms with E-state index in [4.69, 9.17) is 16.3 Å². The number of nitrogens with zero attached hydrogens (tertiary/aromatic N) is 2. The van der Waals surface area contributed by atoms with E-state index < -0.39 is 0 Å². The van der Waals surface area contributed by atoms with E-state index in [-0.39, 0.29) is 17.9 Å². The van der Waals surface area contributed by atoms with Crippen molar-refractivity contribution in [3.63, 3.8) is 0 Å². The van der Waals surface area contributed by atoms with Crippen LogP contribution in [0.1, 0.15) is 36.1 Å². The van der Waals surface area contributed by atoms with Crippen molar-refractivity contribution in [3.8, 4) is 5.75 Å². The molecule has 8 heteroatoms. The number of halogens is 1. The minimum absolute atomic E-state index is 0.0423. The largest absolute Gasteiger partial charge is 0.495 e. The maximum Gasteiger partial charge on any atom is 0.267 e. The summed E-state index contributed by atoms with van der Waals surface area (Å²) in [6, 6.07) is 4.96. The Kier molecular flexibility index (Phi) is 6.02. The van der Waals surface area contributed by atoms with Crippen molar-refractivity contribution in [1.82, 2.24) is 4.98 Å². The van der Waals surface area contributed by atoms with Gasteiger partial charge in [0.15, 0.2) is 5.13 Å². The average Bonchev–Trinajstić information content (AvgIpc) is 2.88. The second-order valence-electron chi connectivity index (χ2n) is 5.70. The Bertz CT molecular complexity index is 804. The van der Waals surface area contributed by atoms with Gasteiger partial charge in [0.1, 0.15) is 10.6 Å². The molecule has 0 spiro atoms. The second kappa shape index (κ2) is 7.84. The third-order valence-corrected chi connectivity index (χ3v) is 4.91. The van der Waals surface area contributed by atoms with Gasteiger partial charge in [0.05, 0.1) is 17.8 Å². The molecule has 0 aliphatic rings. The van der Waals surface area contributed by atoms with Gasteiger partial charge in [0.25, 0.3) is 5.91 Å². The van der Waals surface area contributed by atoms with Crippen LogP contribution in [0.15, 0.2) is 18.2 Å². The number of benzene rings is 1. The minimum atomic E-state index is -0.297. The van der Waals surface area contributed by atoms with Crippen molar-refractivity contribution in [2.24, 2.45) is 0 Å². The van der Waals surface area contributed by atoms with Gasteiger partial charge in [-0.25, -0.2) is 4.98 Å². The quantitative estimate of drug-likeness (QED) is 0.845. The van der Waals surface area contributed by atoms with E-state index >= 15 is 0 Å². The highest BCUT2D eigenvalue weighted by Gasteiger charge is 2.23. The summed E-state index contributed by atoms with van der Waals surface area (Å²) in [4.78, 5) is 30.8. The number of amides is 2. The molecule has 0 bridgehead atoms. The molecule has 134 valence electrons. The van der Waals surface area contributed by atoms with E-state index in [9.17, 15) is 9.59 Å². The summed E-state index contributed by atoms with van der Waals surface area (Å²) < 4.78 is 5.09. The molecular weight excluding hydrogens is 362 g/mol. The van der Waals surface area contributed by atoms with E-state index in [2.05, 4.69) is 10.3 Å². The fourth-order valence-corrected chi connectivity index (χ4v) is 3.74. The molecule has 1 N–H and O–H groups in total. The molecule has 0 fully saturated rings. The van der Waals surface area contributed by atoms with E-state index in [1.807, 2.05) is 13.8 Å². The first-order valence-electron chi connectivity index (χ1n) is 7.66. The van der Waals surface area contributed by atoms with Gasteiger partial charge >= 0.3 is 0 Å². The number of thiazole rings is 1. The molecule has 1 aromatic heterocycles. The summed E-state index contributed by atoms with van der Waals surface area (Å²) in [5.41, 5.74) is 1.13. The van der Waals surface area contributed by atoms with Crippen LogP contribution in [0.2, 0.25) is 5.02 Å². The fourth-order valence-electron chi connectivity index (χ4n) is 2.35. The van der Waals surface area contributed by atoms with Crippen LogP contribution in [-0.4, -0.2) is 29.9 Å². The monoisotopic (exact) mass is 381 g/mol. The van der Waals surface area contributed by atoms with E-state index in [0.717, 1.165) is 0 Å². The van der Waals surface area contributed by atoms with Gasteiger partial charge in [-0.15, -0.1) is 0 Å². The fraction of sp³-hybridized carbons (Fsp3) is 0.353. The molecule has 2 aromatic rings. The predicted molar refractivity (Wildman–Crippen MR) is 101 cm³/mol. The highest BCUT2D eigenvalue weighted by atomic mass is 35.5. The lowest BCUT2D eigenvalue weighted by atomic mass is 10.3. The Hall–Kier alpha value is -2.12. The molecule has 2 amide bonds. The van der Waals surface area contributed by atoms with Crippen LogP contribution in [0.5, 0.6) is 5.75 Å². The highest BCUT2D eigenvalue weighted by molar-refractivity contribution is 7.17. The third kappa shape index (κ3) is 4.29. The Morgan fingerprint density at radius 1 is 1.36 bits per heavy atom. The molecule has 1 heterocycles. The van der Waals surface area contributed by atoms with Crippen molar-refractivity contribution in [1.29, 1.82) is 0 Å². The molecule has 0 saturated carbocycles. The van der Waals surface area contributed by atoms with Gasteiger partial charge < -0.3 is 10.1 Å². The maximum absolute atomic E-state index is 12.6. The van der Waals surface area contributed by atoms with Crippen LogP contribution in [0.4, 0.5) is 10.8 Å². The topological polar surface area (TPSA) is 71.5 Å². The Morgan fingerprint density at radius 3 is 2.56 bits per heavy atom. The summed E-state index contributed by atoms with van der Waals surface area (Å²) in [5.74, 6) is 0.123. The second-order valence-corrected chi connectivity index (χ2v) is 7.08. The number of hydrogen-bond acceptors (Lipinski definition) is 5. The lowest BCUT2D eigenvalue weighted by Gasteiger charge is -2.21. The molecular formula is C17H20ClN3O3S. The number of hydrogen-bond donors (Lipinski definition) is 1. The lowest BCUT2D eigenvalue weighted by Crippen LogP contribution is -2.34. The molecule has 0 aliphatic heterocycles. The number of aromatic nitrogens is 1. The summed E-state index contributed by atoms with van der Waals surface area (Å²) in [6.07, 6.45) is 0. The first-order valence-corrected chi connectivity index (χ1v) is 8.86. The Balaban J connectivity index is 2.25. The van der Waals surface area contributed by atoms with E-state index in [0.29, 0.717) is 32.2 Å². The van der Waals surface area contributed by atoms with Crippen molar-refractivity contribution >= 4 is 45.6 Å². The highest BCUT2D eigenvalue weighted by Crippen LogP contribution is 2.30. The number of ether oxygens (including phenoxy) is 1. The smallest absolute Gasteiger partial charge is 0.267 e. The Labute approximate surface area is 155 Å². The molecule has 0 aliphatic carbocycles. The summed E-state index contributed by atoms with van der Waals surface area (Å²) in [7, 11) is 1.52. The molecule has 0 radical (unpaired) electrons. The summed E-state index contributed by atoms with van der Waals surface area (Å²) in [6.45, 7) is 7.03. The number of methoxy groups -OCH3 is 1. The molecule has 0 atom stereocenters. The normalized spacial score (nSPS) is 10.7. The van der Waals surface area contributed by atoms with Crippen LogP contribution < -0.4 is 15.0 Å². The van der Waals surface area contributed by atoms with Crippen LogP contribution in [0.25, 0.3) is 0 Å². The zero-order valence-corrected chi connectivity index (χ0v) is 16.3. The van der Waals surface area contributed by atoms with Crippen molar-refractivity contribution in [3.05, 3.63) is 33.8 Å². The van der Waals surface area contributed by atoms with Crippen LogP contribution in [0, 0.1) is 6.92 Å². The number of aryl methyl sites for hydroxylation is 1. The molecule has 6 nitrogen and oxygen atoms in total. The zero-order valence-electron chi connectivity index (χ0n) is 14.7. The number of carbonyl (C=O) groups excluding carboxylic acids is 2. The van der Waals surface area contributed by atoms with Crippen LogP contribution in [0.3, 0.4) is 0 Å². The van der Waals surface area contributed by atoms with Crippen molar-refractivity contribution < 1.29 is 14.3 Å². The Morgan fingerprint density at radius 2 is 2.04 bits per heavy atom. The van der Waals surface area contributed by atoms with E-state index in [1.54, 1.807) is 30.0 Å². The number of anilines is 2. The summed E-state index contributed by atoms with van der Waals surface area (Å²) in [5, 5.41) is 3.71. The van der Waals surface area contributed by atoms with Crippen LogP contribution in [-0.2, 0) is 4.79 Å². The predicted octanol–water partition coefficient (Wildman–Crippen LogP) is 4.13. The van der Waals surface area contributed by atoms with Gasteiger partial charge in [0.2, 0.25) is 5.91 Å². The molecule has 25 heavy (non-hydrogen) atoms. The maximum atomic E-state index is 12.6. The third-order valence-electron chi connectivity index (χ3n) is 3.46. The van der Waals surface area contributed by atoms with Gasteiger partial charge in [-0.05, 0) is 39.0 Å². The molecule has 2 rings (SSSR count). The standard InChI is InChI=1S/C17H20ClN3O3S/c1-9(2)21(11(4)22)17-19-10(3)15(25-17)16(23)20-12-6-7-14(24-5)13(18)8-12/h6-9H,1-5H3,(H,20,23). The SMILES string of the molecule is COc1ccc(NC(=O)c2sc(N(C(C)=O)C(C)C)nc2C)cc1Cl. The van der Waals surface area contributed by atoms with Gasteiger partial charge in [-0.2, -0.15) is 0 Å². The van der Waals surface area contributed by atoms with Gasteiger partial charge in [-0.1, -0.05) is 22.9 Å². The summed E-state index contributed by atoms with van der Waals surface area (Å²) >= 11 is 7.26. The van der Waals surface area contributed by atoms with E-state index in [1.165, 1.54) is 25.4 Å². The van der Waals surface area contributed by atoms with Gasteiger partial charge in [-0.3, -0.25) is 14.5 Å². The number of carbonyl (C=O) groups is 2. The minimum Gasteiger partial charge on any atom is -0.495 e. The van der Waals surface area contributed by atoms with Crippen molar-refractivity contribution in [2.45, 2.75) is 33.7 Å². The van der Waals surface area contributed by atoms with Gasteiger partial charge in [0, 0.05) is 18.7 Å². The van der Waals surface area contributed by atoms with Crippen LogP contribution >= 0.6 is 22.9 Å². The molecule has 1 aromatic carbocycles. The number of nitrogens with one attached hydrogen (secondary N) is 1. The van der Waals surface area contributed by atoms with Crippen molar-refractivity contribution in [2.75, 3.05) is 17.3 Å². The number of rotatable bonds is 5. The average molecular weight is 382 g/mol. The lowest BCUT2D eigenvalue weighted by molar-refractivity contribution is -0.116. The molecule has 0 saturated heterocycles. The first kappa shape index (κ1) is 19.2.